The molecule has 3 aromatic carbocycles. The number of hydrogen-bond donors (Lipinski definition) is 1. The van der Waals surface area contributed by atoms with Crippen LogP contribution in [0.2, 0.25) is 0 Å². The number of sulfonamides is 1. The average molecular weight is 552 g/mol. The summed E-state index contributed by atoms with van der Waals surface area (Å²) in [5, 5.41) is 2.68. The van der Waals surface area contributed by atoms with E-state index in [0.717, 1.165) is 27.3 Å². The second-order valence-corrected chi connectivity index (χ2v) is 11.3. The molecule has 0 saturated heterocycles. The third kappa shape index (κ3) is 6.88. The maximum Gasteiger partial charge on any atom is 0.244 e. The summed E-state index contributed by atoms with van der Waals surface area (Å²) in [5.74, 6) is 0.0616. The fourth-order valence-corrected chi connectivity index (χ4v) is 5.33. The Morgan fingerprint density at radius 3 is 2.28 bits per heavy atom. The number of carbonyl (C=O) groups excluding carboxylic acids is 2. The number of hydrogen-bond acceptors (Lipinski definition) is 6. The summed E-state index contributed by atoms with van der Waals surface area (Å²) in [6.07, 6.45) is 1.31. The van der Waals surface area contributed by atoms with Crippen LogP contribution in [0.15, 0.2) is 72.8 Å². The predicted octanol–water partition coefficient (Wildman–Crippen LogP) is 2.92. The van der Waals surface area contributed by atoms with Gasteiger partial charge in [-0.3, -0.25) is 13.9 Å². The molecule has 0 fully saturated rings. The van der Waals surface area contributed by atoms with Crippen molar-refractivity contribution >= 4 is 27.5 Å². The number of amides is 2. The van der Waals surface area contributed by atoms with Crippen molar-refractivity contribution in [1.29, 1.82) is 0 Å². The number of nitrogens with zero attached hydrogens (tertiary/aromatic N) is 2. The van der Waals surface area contributed by atoms with Gasteiger partial charge < -0.3 is 19.7 Å². The number of anilines is 1. The lowest BCUT2D eigenvalue weighted by molar-refractivity contribution is -0.139. The molecule has 0 aromatic heterocycles. The molecule has 1 atom stereocenters. The lowest BCUT2D eigenvalue weighted by Gasteiger charge is -2.33. The van der Waals surface area contributed by atoms with E-state index in [4.69, 9.17) is 9.47 Å². The molecule has 0 bridgehead atoms. The first-order valence-corrected chi connectivity index (χ1v) is 14.5. The molecule has 0 spiro atoms. The molecule has 4 rings (SSSR count). The minimum absolute atomic E-state index is 0.134. The Morgan fingerprint density at radius 1 is 0.949 bits per heavy atom. The number of ether oxygens (including phenoxy) is 2. The van der Waals surface area contributed by atoms with Crippen LogP contribution < -0.4 is 19.1 Å². The second-order valence-electron chi connectivity index (χ2n) is 9.37. The van der Waals surface area contributed by atoms with E-state index in [9.17, 15) is 18.0 Å². The van der Waals surface area contributed by atoms with Crippen molar-refractivity contribution in [3.8, 4) is 11.5 Å². The highest BCUT2D eigenvalue weighted by Crippen LogP contribution is 2.34. The molecule has 2 amide bonds. The fraction of sp³-hybridized carbons (Fsp3) is 0.310. The first-order chi connectivity index (χ1) is 18.7. The third-order valence-corrected chi connectivity index (χ3v) is 7.75. The Bertz CT molecular complexity index is 1430. The van der Waals surface area contributed by atoms with Crippen LogP contribution in [0.25, 0.3) is 0 Å². The summed E-state index contributed by atoms with van der Waals surface area (Å²) < 4.78 is 38.1. The summed E-state index contributed by atoms with van der Waals surface area (Å²) in [6, 6.07) is 20.9. The van der Waals surface area contributed by atoms with Gasteiger partial charge in [0.15, 0.2) is 11.5 Å². The molecule has 10 heteroatoms. The quantitative estimate of drug-likeness (QED) is 0.416. The molecular formula is C29H33N3O6S. The van der Waals surface area contributed by atoms with Crippen molar-refractivity contribution in [1.82, 2.24) is 10.2 Å². The van der Waals surface area contributed by atoms with E-state index >= 15 is 0 Å². The minimum Gasteiger partial charge on any atom is -0.486 e. The molecule has 0 radical (unpaired) electrons. The second kappa shape index (κ2) is 12.2. The highest BCUT2D eigenvalue weighted by molar-refractivity contribution is 7.92. The van der Waals surface area contributed by atoms with Crippen LogP contribution in [0.1, 0.15) is 16.7 Å². The molecular weight excluding hydrogens is 518 g/mol. The maximum absolute atomic E-state index is 14.0. The van der Waals surface area contributed by atoms with Crippen molar-refractivity contribution in [2.24, 2.45) is 0 Å². The standard InChI is InChI=1S/C29H33N3O6S/c1-21-9-7-8-12-23(21)19-31(25(29(34)30-2)17-22-10-5-4-6-11-22)28(33)20-32(39(3,35)36)24-13-14-26-27(18-24)38-16-15-37-26/h4-14,18,25H,15-17,19-20H2,1-3H3,(H,30,34). The molecule has 1 unspecified atom stereocenters. The van der Waals surface area contributed by atoms with Crippen molar-refractivity contribution in [2.45, 2.75) is 25.9 Å². The molecule has 0 saturated carbocycles. The molecule has 206 valence electrons. The number of fused-ring (bicyclic) bond motifs is 1. The van der Waals surface area contributed by atoms with Crippen molar-refractivity contribution in [3.05, 3.63) is 89.5 Å². The molecule has 3 aromatic rings. The van der Waals surface area contributed by atoms with E-state index in [-0.39, 0.29) is 24.6 Å². The van der Waals surface area contributed by atoms with Crippen LogP contribution >= 0.6 is 0 Å². The first kappa shape index (κ1) is 28.0. The maximum atomic E-state index is 14.0. The minimum atomic E-state index is -3.88. The van der Waals surface area contributed by atoms with E-state index in [1.165, 1.54) is 11.9 Å². The van der Waals surface area contributed by atoms with Gasteiger partial charge in [0.05, 0.1) is 11.9 Å². The van der Waals surface area contributed by atoms with Gasteiger partial charge in [0.2, 0.25) is 21.8 Å². The van der Waals surface area contributed by atoms with Crippen LogP contribution in [0.5, 0.6) is 11.5 Å². The molecule has 0 aliphatic carbocycles. The van der Waals surface area contributed by atoms with Crippen molar-refractivity contribution in [2.75, 3.05) is 37.4 Å². The SMILES string of the molecule is CNC(=O)C(Cc1ccccc1)N(Cc1ccccc1C)C(=O)CN(c1ccc2c(c1)OCCO2)S(C)(=O)=O. The fourth-order valence-electron chi connectivity index (χ4n) is 4.49. The van der Waals surface area contributed by atoms with Crippen molar-refractivity contribution in [3.63, 3.8) is 0 Å². The number of benzene rings is 3. The number of aryl methyl sites for hydroxylation is 1. The van der Waals surface area contributed by atoms with Gasteiger partial charge in [-0.1, -0.05) is 54.6 Å². The van der Waals surface area contributed by atoms with E-state index in [1.54, 1.807) is 18.2 Å². The van der Waals surface area contributed by atoms with Crippen molar-refractivity contribution < 1.29 is 27.5 Å². The summed E-state index contributed by atoms with van der Waals surface area (Å²) in [6.45, 7) is 2.31. The number of rotatable bonds is 10. The Morgan fingerprint density at radius 2 is 1.62 bits per heavy atom. The lowest BCUT2D eigenvalue weighted by Crippen LogP contribution is -2.53. The molecule has 9 nitrogen and oxygen atoms in total. The van der Waals surface area contributed by atoms with Crippen LogP contribution in [0.4, 0.5) is 5.69 Å². The van der Waals surface area contributed by atoms with Gasteiger partial charge in [0.1, 0.15) is 25.8 Å². The van der Waals surface area contributed by atoms with Gasteiger partial charge in [-0.15, -0.1) is 0 Å². The monoisotopic (exact) mass is 551 g/mol. The normalized spacial score (nSPS) is 13.3. The van der Waals surface area contributed by atoms with Gasteiger partial charge in [0.25, 0.3) is 0 Å². The molecule has 1 aliphatic rings. The zero-order valence-corrected chi connectivity index (χ0v) is 23.1. The van der Waals surface area contributed by atoms with Crippen LogP contribution in [-0.4, -0.2) is 64.2 Å². The highest BCUT2D eigenvalue weighted by atomic mass is 32.2. The average Bonchev–Trinajstić information content (AvgIpc) is 2.93. The largest absolute Gasteiger partial charge is 0.486 e. The molecule has 1 heterocycles. The topological polar surface area (TPSA) is 105 Å². The molecule has 39 heavy (non-hydrogen) atoms. The molecule has 1 N–H and O–H groups in total. The number of likely N-dealkylation sites (N-methyl/N-ethyl adjacent to an activating group) is 1. The highest BCUT2D eigenvalue weighted by Gasteiger charge is 2.33. The van der Waals surface area contributed by atoms with Crippen LogP contribution in [-0.2, 0) is 32.6 Å². The Balaban J connectivity index is 1.72. The van der Waals surface area contributed by atoms with Gasteiger partial charge in [-0.25, -0.2) is 8.42 Å². The van der Waals surface area contributed by atoms with Gasteiger partial charge in [0, 0.05) is 26.1 Å². The summed E-state index contributed by atoms with van der Waals surface area (Å²) in [5.41, 5.74) is 2.96. The van der Waals surface area contributed by atoms with E-state index in [1.807, 2.05) is 61.5 Å². The zero-order valence-electron chi connectivity index (χ0n) is 22.3. The van der Waals surface area contributed by atoms with Crippen LogP contribution in [0, 0.1) is 6.92 Å². The predicted molar refractivity (Wildman–Crippen MR) is 149 cm³/mol. The zero-order chi connectivity index (χ0) is 28.0. The van der Waals surface area contributed by atoms with Gasteiger partial charge in [-0.2, -0.15) is 0 Å². The Hall–Kier alpha value is -4.05. The molecule has 1 aliphatic heterocycles. The van der Waals surface area contributed by atoms with Gasteiger partial charge >= 0.3 is 0 Å². The number of carbonyl (C=O) groups is 2. The van der Waals surface area contributed by atoms with E-state index in [0.29, 0.717) is 24.7 Å². The summed E-state index contributed by atoms with van der Waals surface area (Å²) >= 11 is 0. The first-order valence-electron chi connectivity index (χ1n) is 12.6. The summed E-state index contributed by atoms with van der Waals surface area (Å²) in [7, 11) is -2.35. The smallest absolute Gasteiger partial charge is 0.244 e. The van der Waals surface area contributed by atoms with E-state index in [2.05, 4.69) is 5.32 Å². The van der Waals surface area contributed by atoms with E-state index < -0.39 is 28.5 Å². The van der Waals surface area contributed by atoms with Gasteiger partial charge in [-0.05, 0) is 35.7 Å². The third-order valence-electron chi connectivity index (χ3n) is 6.61. The number of nitrogens with one attached hydrogen (secondary N) is 1. The summed E-state index contributed by atoms with van der Waals surface area (Å²) in [4.78, 5) is 28.7. The Kier molecular flexibility index (Phi) is 8.75. The lowest BCUT2D eigenvalue weighted by atomic mass is 10.0. The van der Waals surface area contributed by atoms with Crippen LogP contribution in [0.3, 0.4) is 0 Å². The Labute approximate surface area is 229 Å².